The van der Waals surface area contributed by atoms with Crippen LogP contribution < -0.4 is 5.32 Å². The second-order valence-electron chi connectivity index (χ2n) is 6.57. The number of carbonyl (C=O) groups is 1. The SMILES string of the molecule is [2H]C([2H])([2H])N1C[C@@H](NC(=O)N(CC)C([2H])([2H])C([2H])([2H])[2H])C=C2c3c(F)ccc4[nH]cc(c34)C[C@H]21. The molecule has 6 heteroatoms. The lowest BCUT2D eigenvalue weighted by Gasteiger charge is -2.40. The zero-order chi connectivity index (χ0) is 25.2. The Bertz CT molecular complexity index is 1160. The van der Waals surface area contributed by atoms with Gasteiger partial charge in [0.15, 0.2) is 0 Å². The van der Waals surface area contributed by atoms with Crippen molar-refractivity contribution in [3.05, 3.63) is 41.3 Å². The molecule has 0 radical (unpaired) electrons. The van der Waals surface area contributed by atoms with E-state index in [1.165, 1.54) is 17.9 Å². The van der Waals surface area contributed by atoms with Gasteiger partial charge >= 0.3 is 6.03 Å². The normalized spacial score (nSPS) is 28.2. The number of aromatic nitrogens is 1. The van der Waals surface area contributed by atoms with Crippen LogP contribution in [0.15, 0.2) is 24.4 Å². The highest BCUT2D eigenvalue weighted by molar-refractivity contribution is 5.98. The number of likely N-dealkylation sites (N-methyl/N-ethyl adjacent to an activating group) is 1. The van der Waals surface area contributed by atoms with Crippen LogP contribution in [-0.2, 0) is 6.42 Å². The molecule has 1 aromatic heterocycles. The van der Waals surface area contributed by atoms with E-state index in [0.29, 0.717) is 27.8 Å². The molecule has 0 unspecified atom stereocenters. The molecule has 2 heterocycles. The minimum atomic E-state index is -3.09. The van der Waals surface area contributed by atoms with Crippen molar-refractivity contribution in [3.8, 4) is 0 Å². The maximum atomic E-state index is 15.0. The number of nitrogens with one attached hydrogen (secondary N) is 2. The number of benzene rings is 1. The molecule has 5 nitrogen and oxygen atoms in total. The Morgan fingerprint density at radius 1 is 1.58 bits per heavy atom. The quantitative estimate of drug-likeness (QED) is 0.880. The summed E-state index contributed by atoms with van der Waals surface area (Å²) in [5, 5.41) is 3.21. The van der Waals surface area contributed by atoms with Gasteiger partial charge in [0.25, 0.3) is 0 Å². The number of aromatic amines is 1. The fourth-order valence-electron chi connectivity index (χ4n) is 3.87. The number of halogens is 1. The van der Waals surface area contributed by atoms with E-state index in [2.05, 4.69) is 10.3 Å². The van der Waals surface area contributed by atoms with Crippen LogP contribution in [0.5, 0.6) is 0 Å². The Balaban J connectivity index is 1.75. The van der Waals surface area contributed by atoms with E-state index in [1.54, 1.807) is 18.3 Å². The van der Waals surface area contributed by atoms with Crippen molar-refractivity contribution >= 4 is 22.5 Å². The molecule has 1 aliphatic carbocycles. The average molecular weight is 364 g/mol. The first kappa shape index (κ1) is 10.1. The minimum Gasteiger partial charge on any atom is -0.361 e. The topological polar surface area (TPSA) is 51.4 Å². The van der Waals surface area contributed by atoms with Crippen molar-refractivity contribution in [2.75, 3.05) is 26.6 Å². The molecule has 0 saturated heterocycles. The number of urea groups is 1. The van der Waals surface area contributed by atoms with Gasteiger partial charge in [-0.05, 0) is 50.4 Å². The molecular formula is C20H25FN4O. The highest BCUT2D eigenvalue weighted by Crippen LogP contribution is 2.41. The van der Waals surface area contributed by atoms with E-state index < -0.39 is 44.3 Å². The number of rotatable bonds is 3. The van der Waals surface area contributed by atoms with Crippen LogP contribution in [0, 0.1) is 5.82 Å². The predicted octanol–water partition coefficient (Wildman–Crippen LogP) is 2.98. The van der Waals surface area contributed by atoms with Gasteiger partial charge in [0.1, 0.15) is 5.82 Å². The van der Waals surface area contributed by atoms with Crippen molar-refractivity contribution in [2.45, 2.75) is 32.3 Å². The lowest BCUT2D eigenvalue weighted by atomic mass is 9.81. The lowest BCUT2D eigenvalue weighted by Crippen LogP contribution is -2.52. The molecule has 0 bridgehead atoms. The van der Waals surface area contributed by atoms with E-state index in [1.807, 2.05) is 0 Å². The Kier molecular flexibility index (Phi) is 2.50. The van der Waals surface area contributed by atoms with Gasteiger partial charge in [0.05, 0.1) is 6.04 Å². The van der Waals surface area contributed by atoms with Crippen molar-refractivity contribution < 1.29 is 20.2 Å². The summed E-state index contributed by atoms with van der Waals surface area (Å²) in [4.78, 5) is 17.8. The van der Waals surface area contributed by atoms with Crippen molar-refractivity contribution in [2.24, 2.45) is 0 Å². The molecule has 1 aromatic carbocycles. The van der Waals surface area contributed by atoms with Gasteiger partial charge in [-0.1, -0.05) is 6.08 Å². The zero-order valence-corrected chi connectivity index (χ0v) is 14.3. The van der Waals surface area contributed by atoms with Gasteiger partial charge < -0.3 is 15.2 Å². The largest absolute Gasteiger partial charge is 0.361 e. The fourth-order valence-corrected chi connectivity index (χ4v) is 3.87. The third-order valence-corrected chi connectivity index (χ3v) is 5.09. The van der Waals surface area contributed by atoms with E-state index in [-0.39, 0.29) is 18.7 Å². The summed E-state index contributed by atoms with van der Waals surface area (Å²) < 4.78 is 77.4. The summed E-state index contributed by atoms with van der Waals surface area (Å²) in [5.74, 6) is -0.518. The molecule has 2 atom stereocenters. The van der Waals surface area contributed by atoms with Gasteiger partial charge in [-0.15, -0.1) is 0 Å². The number of hydrogen-bond acceptors (Lipinski definition) is 2. The van der Waals surface area contributed by atoms with Gasteiger partial charge in [-0.2, -0.15) is 0 Å². The maximum Gasteiger partial charge on any atom is 0.317 e. The smallest absolute Gasteiger partial charge is 0.317 e. The van der Waals surface area contributed by atoms with Crippen LogP contribution in [0.3, 0.4) is 0 Å². The van der Waals surface area contributed by atoms with Gasteiger partial charge in [0.2, 0.25) is 0 Å². The van der Waals surface area contributed by atoms with E-state index in [9.17, 15) is 4.79 Å². The molecule has 4 rings (SSSR count). The van der Waals surface area contributed by atoms with Crippen molar-refractivity contribution in [1.29, 1.82) is 0 Å². The van der Waals surface area contributed by atoms with Gasteiger partial charge in [-0.3, -0.25) is 4.90 Å². The van der Waals surface area contributed by atoms with Crippen molar-refractivity contribution in [1.82, 2.24) is 20.1 Å². The van der Waals surface area contributed by atoms with Crippen molar-refractivity contribution in [3.63, 3.8) is 0 Å². The number of nitrogens with zero attached hydrogens (tertiary/aromatic N) is 2. The lowest BCUT2D eigenvalue weighted by molar-refractivity contribution is 0.193. The van der Waals surface area contributed by atoms with E-state index in [4.69, 9.17) is 11.0 Å². The predicted molar refractivity (Wildman–Crippen MR) is 102 cm³/mol. The average Bonchev–Trinajstić information content (AvgIpc) is 3.11. The van der Waals surface area contributed by atoms with Crippen LogP contribution in [0.4, 0.5) is 9.18 Å². The summed E-state index contributed by atoms with van der Waals surface area (Å²) in [7, 11) is 0. The Morgan fingerprint density at radius 2 is 2.46 bits per heavy atom. The molecule has 0 fully saturated rings. The minimum absolute atomic E-state index is 0.137. The second-order valence-corrected chi connectivity index (χ2v) is 6.57. The molecule has 0 saturated carbocycles. The van der Waals surface area contributed by atoms with Gasteiger partial charge in [-0.25, -0.2) is 9.18 Å². The highest BCUT2D eigenvalue weighted by Gasteiger charge is 2.35. The number of fused-ring (bicyclic) bond motifs is 2. The molecule has 26 heavy (non-hydrogen) atoms. The molecule has 2 amide bonds. The number of hydrogen-bond donors (Lipinski definition) is 2. The Morgan fingerprint density at radius 3 is 3.23 bits per heavy atom. The molecule has 1 aliphatic heterocycles. The number of carbonyl (C=O) groups excluding carboxylic acids is 1. The third-order valence-electron chi connectivity index (χ3n) is 5.09. The molecule has 2 N–H and O–H groups in total. The summed E-state index contributed by atoms with van der Waals surface area (Å²) in [5.41, 5.74) is 2.19. The van der Waals surface area contributed by atoms with Crippen LogP contribution in [0.1, 0.15) is 35.9 Å². The fraction of sp³-hybridized carbons (Fsp3) is 0.450. The molecule has 2 aromatic rings. The summed E-state index contributed by atoms with van der Waals surface area (Å²) in [6.07, 6.45) is 3.67. The first-order valence-electron chi connectivity index (χ1n) is 12.5. The van der Waals surface area contributed by atoms with Crippen LogP contribution in [0.2, 0.25) is 0 Å². The summed E-state index contributed by atoms with van der Waals surface area (Å²) >= 11 is 0. The number of H-pyrrole nitrogens is 1. The molecule has 138 valence electrons. The maximum absolute atomic E-state index is 15.0. The van der Waals surface area contributed by atoms with Crippen LogP contribution >= 0.6 is 0 Å². The van der Waals surface area contributed by atoms with Crippen LogP contribution in [0.25, 0.3) is 16.5 Å². The Hall–Kier alpha value is -2.34. The molecule has 2 aliphatic rings. The summed E-state index contributed by atoms with van der Waals surface area (Å²) in [6.45, 7) is -7.51. The van der Waals surface area contributed by atoms with E-state index >= 15 is 4.39 Å². The first-order chi connectivity index (χ1) is 15.7. The first-order valence-corrected chi connectivity index (χ1v) is 8.52. The van der Waals surface area contributed by atoms with Gasteiger partial charge in [0, 0.05) is 59.3 Å². The second kappa shape index (κ2) is 6.43. The standard InChI is InChI=1S/C20H25FN4O/c1-4-25(5-2)20(26)23-13-9-14-17(24(3)11-13)8-12-10-22-16-7-6-15(21)19(14)18(12)16/h6-7,9-10,13,17,22H,4-5,8,11H2,1-3H3,(H,23,26)/t13-,17+/m0/s1/i1D3,3D3,4D2. The van der Waals surface area contributed by atoms with Crippen LogP contribution in [-0.4, -0.2) is 59.5 Å². The highest BCUT2D eigenvalue weighted by atomic mass is 19.1. The van der Waals surface area contributed by atoms with E-state index in [0.717, 1.165) is 5.56 Å². The molecular weight excluding hydrogens is 331 g/mol. The Labute approximate surface area is 164 Å². The summed E-state index contributed by atoms with van der Waals surface area (Å²) in [6, 6.07) is 0.340. The zero-order valence-electron chi connectivity index (χ0n) is 22.3. The third kappa shape index (κ3) is 2.60. The molecule has 0 spiro atoms. The monoisotopic (exact) mass is 364 g/mol. The number of amides is 2.